The van der Waals surface area contributed by atoms with Crippen molar-refractivity contribution in [3.8, 4) is 17.0 Å². The molecule has 1 amide bonds. The monoisotopic (exact) mass is 430 g/mol. The zero-order valence-corrected chi connectivity index (χ0v) is 17.0. The van der Waals surface area contributed by atoms with Crippen molar-refractivity contribution in [3.05, 3.63) is 63.4 Å². The maximum Gasteiger partial charge on any atom is 0.264 e. The molecule has 1 heterocycles. The fraction of sp³-hybridized carbons (Fsp3) is 0.200. The van der Waals surface area contributed by atoms with Gasteiger partial charge < -0.3 is 4.74 Å². The first-order chi connectivity index (χ1) is 12.6. The first-order valence-electron chi connectivity index (χ1n) is 8.30. The molecule has 2 aromatic carbocycles. The average Bonchev–Trinajstić information content (AvgIpc) is 3.01. The molecule has 6 heteroatoms. The smallest absolute Gasteiger partial charge is 0.264 e. The molecule has 3 rings (SSSR count). The number of rotatable bonds is 6. The van der Waals surface area contributed by atoms with Crippen molar-refractivity contribution in [3.63, 3.8) is 0 Å². The summed E-state index contributed by atoms with van der Waals surface area (Å²) in [6, 6.07) is 15.7. The van der Waals surface area contributed by atoms with Crippen LogP contribution in [0.2, 0.25) is 0 Å². The molecule has 1 N–H and O–H groups in total. The predicted molar refractivity (Wildman–Crippen MR) is 110 cm³/mol. The van der Waals surface area contributed by atoms with Crippen molar-refractivity contribution in [1.82, 2.24) is 4.98 Å². The van der Waals surface area contributed by atoms with E-state index in [-0.39, 0.29) is 12.5 Å². The number of nitrogens with one attached hydrogen (secondary N) is 1. The summed E-state index contributed by atoms with van der Waals surface area (Å²) in [6.45, 7) is 4.01. The maximum atomic E-state index is 12.2. The lowest BCUT2D eigenvalue weighted by Gasteiger charge is -2.10. The second-order valence-electron chi connectivity index (χ2n) is 5.73. The molecule has 0 aliphatic carbocycles. The molecule has 1 aromatic heterocycles. The Kier molecular flexibility index (Phi) is 6.06. The molecule has 0 spiro atoms. The van der Waals surface area contributed by atoms with Crippen molar-refractivity contribution >= 4 is 38.3 Å². The number of nitrogens with zero attached hydrogens (tertiary/aromatic N) is 1. The van der Waals surface area contributed by atoms with Crippen LogP contribution in [0.4, 0.5) is 5.13 Å². The van der Waals surface area contributed by atoms with E-state index in [9.17, 15) is 4.79 Å². The molecule has 0 fully saturated rings. The van der Waals surface area contributed by atoms with Gasteiger partial charge in [0.05, 0.1) is 5.69 Å². The highest BCUT2D eigenvalue weighted by Crippen LogP contribution is 2.30. The number of halogens is 1. The topological polar surface area (TPSA) is 51.2 Å². The Labute approximate surface area is 165 Å². The third-order valence-corrected chi connectivity index (χ3v) is 5.23. The lowest BCUT2D eigenvalue weighted by molar-refractivity contribution is -0.118. The summed E-state index contributed by atoms with van der Waals surface area (Å²) in [5.41, 5.74) is 3.00. The van der Waals surface area contributed by atoms with Crippen LogP contribution >= 0.6 is 27.3 Å². The number of carbonyl (C=O) groups is 1. The second-order valence-corrected chi connectivity index (χ2v) is 7.85. The second kappa shape index (κ2) is 8.47. The van der Waals surface area contributed by atoms with E-state index in [0.29, 0.717) is 5.13 Å². The van der Waals surface area contributed by atoms with Crippen LogP contribution in [-0.2, 0) is 11.2 Å². The van der Waals surface area contributed by atoms with Gasteiger partial charge in [-0.15, -0.1) is 11.3 Å². The van der Waals surface area contributed by atoms with E-state index in [0.717, 1.165) is 38.3 Å². The number of benzene rings is 2. The molecule has 0 saturated heterocycles. The summed E-state index contributed by atoms with van der Waals surface area (Å²) in [5.74, 6) is 0.509. The standard InChI is InChI=1S/C20H19BrN2O2S/c1-3-14-11-16(21)9-10-17(14)25-12-18(24)22-20-23-19(13(2)26-20)15-7-5-4-6-8-15/h4-11H,3,12H2,1-2H3,(H,22,23,24). The zero-order valence-electron chi connectivity index (χ0n) is 14.6. The Morgan fingerprint density at radius 2 is 2.00 bits per heavy atom. The van der Waals surface area contributed by atoms with Crippen LogP contribution in [0.1, 0.15) is 17.4 Å². The van der Waals surface area contributed by atoms with Crippen LogP contribution in [0, 0.1) is 6.92 Å². The highest BCUT2D eigenvalue weighted by Gasteiger charge is 2.13. The average molecular weight is 431 g/mol. The Morgan fingerprint density at radius 3 is 2.73 bits per heavy atom. The Balaban J connectivity index is 1.64. The molecule has 3 aromatic rings. The van der Waals surface area contributed by atoms with Gasteiger partial charge in [0.2, 0.25) is 0 Å². The number of hydrogen-bond acceptors (Lipinski definition) is 4. The van der Waals surface area contributed by atoms with Gasteiger partial charge in [-0.1, -0.05) is 53.2 Å². The van der Waals surface area contributed by atoms with Gasteiger partial charge in [0.15, 0.2) is 11.7 Å². The Hall–Kier alpha value is -2.18. The normalized spacial score (nSPS) is 10.6. The van der Waals surface area contributed by atoms with Gasteiger partial charge in [0, 0.05) is 14.9 Å². The number of ether oxygens (including phenoxy) is 1. The van der Waals surface area contributed by atoms with Gasteiger partial charge in [-0.3, -0.25) is 10.1 Å². The molecule has 134 valence electrons. The van der Waals surface area contributed by atoms with E-state index < -0.39 is 0 Å². The molecule has 26 heavy (non-hydrogen) atoms. The van der Waals surface area contributed by atoms with Gasteiger partial charge in [-0.05, 0) is 37.1 Å². The first-order valence-corrected chi connectivity index (χ1v) is 9.91. The molecule has 0 unspecified atom stereocenters. The zero-order chi connectivity index (χ0) is 18.5. The van der Waals surface area contributed by atoms with E-state index in [1.165, 1.54) is 11.3 Å². The molecule has 4 nitrogen and oxygen atoms in total. The molecule has 0 bridgehead atoms. The van der Waals surface area contributed by atoms with Crippen LogP contribution in [0.3, 0.4) is 0 Å². The van der Waals surface area contributed by atoms with Crippen LogP contribution in [0.25, 0.3) is 11.3 Å². The van der Waals surface area contributed by atoms with E-state index in [2.05, 4.69) is 33.2 Å². The van der Waals surface area contributed by atoms with Crippen LogP contribution in [0.15, 0.2) is 53.0 Å². The molecule has 0 atom stereocenters. The Bertz CT molecular complexity index is 909. The fourth-order valence-electron chi connectivity index (χ4n) is 2.58. The molecule has 0 radical (unpaired) electrons. The summed E-state index contributed by atoms with van der Waals surface area (Å²) in [7, 11) is 0. The summed E-state index contributed by atoms with van der Waals surface area (Å²) in [4.78, 5) is 17.8. The SMILES string of the molecule is CCc1cc(Br)ccc1OCC(=O)Nc1nc(-c2ccccc2)c(C)s1. The van der Waals surface area contributed by atoms with E-state index in [1.807, 2.05) is 55.5 Å². The van der Waals surface area contributed by atoms with Crippen LogP contribution in [-0.4, -0.2) is 17.5 Å². The number of thiazole rings is 1. The molecule has 0 saturated carbocycles. The third kappa shape index (κ3) is 4.51. The van der Waals surface area contributed by atoms with Gasteiger partial charge >= 0.3 is 0 Å². The van der Waals surface area contributed by atoms with Crippen LogP contribution in [0.5, 0.6) is 5.75 Å². The molecule has 0 aliphatic rings. The minimum Gasteiger partial charge on any atom is -0.483 e. The minimum absolute atomic E-state index is 0.0477. The van der Waals surface area contributed by atoms with E-state index >= 15 is 0 Å². The lowest BCUT2D eigenvalue weighted by atomic mass is 10.1. The summed E-state index contributed by atoms with van der Waals surface area (Å²) in [5, 5.41) is 3.41. The molecular weight excluding hydrogens is 412 g/mol. The summed E-state index contributed by atoms with van der Waals surface area (Å²) >= 11 is 4.91. The lowest BCUT2D eigenvalue weighted by Crippen LogP contribution is -2.20. The van der Waals surface area contributed by atoms with Crippen molar-refractivity contribution in [2.75, 3.05) is 11.9 Å². The highest BCUT2D eigenvalue weighted by molar-refractivity contribution is 9.10. The van der Waals surface area contributed by atoms with Crippen molar-refractivity contribution in [2.24, 2.45) is 0 Å². The van der Waals surface area contributed by atoms with Gasteiger partial charge in [0.25, 0.3) is 5.91 Å². The third-order valence-electron chi connectivity index (χ3n) is 3.85. The van der Waals surface area contributed by atoms with Gasteiger partial charge in [-0.25, -0.2) is 4.98 Å². The number of aryl methyl sites for hydroxylation is 2. The van der Waals surface area contributed by atoms with Crippen molar-refractivity contribution in [2.45, 2.75) is 20.3 Å². The fourth-order valence-corrected chi connectivity index (χ4v) is 3.84. The molecule has 0 aliphatic heterocycles. The predicted octanol–water partition coefficient (Wildman–Crippen LogP) is 5.46. The number of hydrogen-bond donors (Lipinski definition) is 1. The van der Waals surface area contributed by atoms with Gasteiger partial charge in [-0.2, -0.15) is 0 Å². The largest absolute Gasteiger partial charge is 0.483 e. The number of amides is 1. The van der Waals surface area contributed by atoms with Crippen molar-refractivity contribution in [1.29, 1.82) is 0 Å². The summed E-state index contributed by atoms with van der Waals surface area (Å²) < 4.78 is 6.68. The van der Waals surface area contributed by atoms with Crippen molar-refractivity contribution < 1.29 is 9.53 Å². The maximum absolute atomic E-state index is 12.2. The van der Waals surface area contributed by atoms with Crippen LogP contribution < -0.4 is 10.1 Å². The first kappa shape index (κ1) is 18.6. The number of carbonyl (C=O) groups excluding carboxylic acids is 1. The number of anilines is 1. The highest BCUT2D eigenvalue weighted by atomic mass is 79.9. The Morgan fingerprint density at radius 1 is 1.23 bits per heavy atom. The van der Waals surface area contributed by atoms with E-state index in [4.69, 9.17) is 4.74 Å². The molecular formula is C20H19BrN2O2S. The van der Waals surface area contributed by atoms with E-state index in [1.54, 1.807) is 0 Å². The quantitative estimate of drug-likeness (QED) is 0.564. The summed E-state index contributed by atoms with van der Waals surface area (Å²) in [6.07, 6.45) is 0.836. The minimum atomic E-state index is -0.219. The number of aromatic nitrogens is 1. The van der Waals surface area contributed by atoms with Gasteiger partial charge in [0.1, 0.15) is 5.75 Å².